The summed E-state index contributed by atoms with van der Waals surface area (Å²) in [6.07, 6.45) is 0.376. The number of nitrogens with zero attached hydrogens (tertiary/aromatic N) is 2. The maximum atomic E-state index is 14.4. The molecule has 42 heavy (non-hydrogen) atoms. The lowest BCUT2D eigenvalue weighted by molar-refractivity contribution is -0.139. The van der Waals surface area contributed by atoms with Crippen molar-refractivity contribution in [3.05, 3.63) is 64.6 Å². The Labute approximate surface area is 246 Å². The minimum atomic E-state index is -1.40. The lowest BCUT2D eigenvalue weighted by atomic mass is 10.1. The van der Waals surface area contributed by atoms with Gasteiger partial charge in [-0.15, -0.1) is 0 Å². The molecule has 2 aliphatic rings. The monoisotopic (exact) mass is 600 g/mol. The molecule has 0 bridgehead atoms. The number of alkyl halides is 1. The molecular weight excluding hydrogens is 570 g/mol. The zero-order chi connectivity index (χ0) is 30.1. The van der Waals surface area contributed by atoms with E-state index in [9.17, 15) is 28.0 Å². The summed E-state index contributed by atoms with van der Waals surface area (Å²) in [5, 5.41) is 5.68. The number of benzene rings is 2. The quantitative estimate of drug-likeness (QED) is 0.332. The topological polar surface area (TPSA) is 110 Å². The van der Waals surface area contributed by atoms with E-state index in [-0.39, 0.29) is 42.4 Å². The van der Waals surface area contributed by atoms with E-state index in [1.54, 1.807) is 28.8 Å². The molecule has 3 aromatic rings. The number of anilines is 1. The zero-order valence-corrected chi connectivity index (χ0v) is 23.9. The number of aromatic nitrogens is 1. The predicted molar refractivity (Wildman–Crippen MR) is 152 cm³/mol. The molecule has 1 aliphatic heterocycles. The van der Waals surface area contributed by atoms with Gasteiger partial charge < -0.3 is 19.5 Å². The van der Waals surface area contributed by atoms with Crippen LogP contribution in [0.1, 0.15) is 42.6 Å². The number of nitrogens with one attached hydrogen (secondary N) is 2. The van der Waals surface area contributed by atoms with Crippen molar-refractivity contribution in [2.24, 2.45) is 11.8 Å². The number of carbonyl (C=O) groups excluding carboxylic acids is 4. The SMILES string of the molecule is CC(=O)c1cn(CC(=O)N2C[C@H](F)C[C@H]2C(=O)NCc2cccc(Cl)c2F)c2ccc(NC(=O)OCC3CC3C)cc12. The Bertz CT molecular complexity index is 1560. The summed E-state index contributed by atoms with van der Waals surface area (Å²) in [5.74, 6) is -1.10. The second kappa shape index (κ2) is 12.1. The van der Waals surface area contributed by atoms with Crippen LogP contribution in [-0.4, -0.2) is 58.5 Å². The van der Waals surface area contributed by atoms with Crippen molar-refractivity contribution < 1.29 is 32.7 Å². The molecule has 9 nitrogen and oxygen atoms in total. The lowest BCUT2D eigenvalue weighted by Crippen LogP contribution is -2.46. The Morgan fingerprint density at radius 3 is 2.62 bits per heavy atom. The number of ketones is 1. The van der Waals surface area contributed by atoms with Crippen LogP contribution in [0.5, 0.6) is 0 Å². The molecule has 2 unspecified atom stereocenters. The Morgan fingerprint density at radius 1 is 1.14 bits per heavy atom. The number of hydrogen-bond acceptors (Lipinski definition) is 5. The van der Waals surface area contributed by atoms with Crippen LogP contribution in [0.4, 0.5) is 19.3 Å². The van der Waals surface area contributed by atoms with Crippen molar-refractivity contribution in [2.45, 2.75) is 52.0 Å². The fourth-order valence-corrected chi connectivity index (χ4v) is 5.48. The van der Waals surface area contributed by atoms with E-state index in [4.69, 9.17) is 16.3 Å². The van der Waals surface area contributed by atoms with Crippen LogP contribution in [0.3, 0.4) is 0 Å². The van der Waals surface area contributed by atoms with Gasteiger partial charge in [0.1, 0.15) is 24.6 Å². The summed E-state index contributed by atoms with van der Waals surface area (Å²) in [7, 11) is 0. The maximum Gasteiger partial charge on any atom is 0.411 e. The standard InChI is InChI=1S/C30H31ClF2N4O5/c1-16-8-19(16)15-42-30(41)35-21-6-7-25-22(10-21)23(17(2)38)13-36(25)14-27(39)37-12-20(32)9-26(37)29(40)34-11-18-4-3-5-24(31)28(18)33/h3-7,10,13,16,19-20,26H,8-9,11-12,14-15H2,1-2H3,(H,34,40)(H,35,41)/t16?,19?,20-,26+/m1/s1. The first-order valence-corrected chi connectivity index (χ1v) is 14.1. The average Bonchev–Trinajstić information content (AvgIpc) is 3.33. The van der Waals surface area contributed by atoms with E-state index in [2.05, 4.69) is 17.6 Å². The summed E-state index contributed by atoms with van der Waals surface area (Å²) in [4.78, 5) is 52.1. The predicted octanol–water partition coefficient (Wildman–Crippen LogP) is 5.10. The van der Waals surface area contributed by atoms with Gasteiger partial charge >= 0.3 is 6.09 Å². The number of Topliss-reactive ketones (excluding diaryl/α,β-unsaturated/α-hetero) is 1. The summed E-state index contributed by atoms with van der Waals surface area (Å²) in [6, 6.07) is 8.26. The molecular formula is C30H31ClF2N4O5. The van der Waals surface area contributed by atoms with Crippen molar-refractivity contribution in [1.82, 2.24) is 14.8 Å². The fourth-order valence-electron chi connectivity index (χ4n) is 5.28. The Balaban J connectivity index is 1.28. The number of hydrogen-bond donors (Lipinski definition) is 2. The highest BCUT2D eigenvalue weighted by molar-refractivity contribution is 6.30. The number of ether oxygens (including phenoxy) is 1. The van der Waals surface area contributed by atoms with Crippen molar-refractivity contribution in [1.29, 1.82) is 0 Å². The summed E-state index contributed by atoms with van der Waals surface area (Å²) >= 11 is 5.80. The highest BCUT2D eigenvalue weighted by Crippen LogP contribution is 2.37. The van der Waals surface area contributed by atoms with E-state index in [0.29, 0.717) is 40.6 Å². The first-order chi connectivity index (χ1) is 20.0. The van der Waals surface area contributed by atoms with E-state index in [0.717, 1.165) is 6.42 Å². The van der Waals surface area contributed by atoms with Crippen LogP contribution in [0.2, 0.25) is 5.02 Å². The molecule has 0 spiro atoms. The first-order valence-electron chi connectivity index (χ1n) is 13.7. The molecule has 2 fully saturated rings. The zero-order valence-electron chi connectivity index (χ0n) is 23.2. The van der Waals surface area contributed by atoms with E-state index in [1.165, 1.54) is 30.2 Å². The molecule has 4 atom stereocenters. The summed E-state index contributed by atoms with van der Waals surface area (Å²) < 4.78 is 35.5. The van der Waals surface area contributed by atoms with Gasteiger partial charge in [0.05, 0.1) is 18.2 Å². The highest BCUT2D eigenvalue weighted by Gasteiger charge is 2.40. The Morgan fingerprint density at radius 2 is 1.90 bits per heavy atom. The van der Waals surface area contributed by atoms with Gasteiger partial charge in [0, 0.05) is 46.9 Å². The highest BCUT2D eigenvalue weighted by atomic mass is 35.5. The van der Waals surface area contributed by atoms with Gasteiger partial charge in [-0.25, -0.2) is 13.6 Å². The van der Waals surface area contributed by atoms with Crippen LogP contribution >= 0.6 is 11.6 Å². The normalized spacial score (nSPS) is 21.3. The van der Waals surface area contributed by atoms with Gasteiger partial charge in [0.15, 0.2) is 5.78 Å². The summed E-state index contributed by atoms with van der Waals surface area (Å²) in [5.41, 5.74) is 1.48. The van der Waals surface area contributed by atoms with Crippen LogP contribution in [0.15, 0.2) is 42.6 Å². The van der Waals surface area contributed by atoms with Crippen molar-refractivity contribution in [3.63, 3.8) is 0 Å². The minimum Gasteiger partial charge on any atom is -0.449 e. The van der Waals surface area contributed by atoms with Crippen LogP contribution in [0, 0.1) is 17.7 Å². The molecule has 12 heteroatoms. The number of fused-ring (bicyclic) bond motifs is 1. The van der Waals surface area contributed by atoms with Crippen molar-refractivity contribution in [2.75, 3.05) is 18.5 Å². The second-order valence-electron chi connectivity index (χ2n) is 11.0. The van der Waals surface area contributed by atoms with E-state index < -0.39 is 35.9 Å². The largest absolute Gasteiger partial charge is 0.449 e. The Hall–Kier alpha value is -3.99. The number of likely N-dealkylation sites (tertiary alicyclic amines) is 1. The molecule has 1 saturated heterocycles. The lowest BCUT2D eigenvalue weighted by Gasteiger charge is -2.24. The van der Waals surface area contributed by atoms with Crippen molar-refractivity contribution >= 4 is 51.9 Å². The molecule has 1 aliphatic carbocycles. The van der Waals surface area contributed by atoms with Gasteiger partial charge in [0.2, 0.25) is 11.8 Å². The van der Waals surface area contributed by atoms with Gasteiger partial charge in [0.25, 0.3) is 0 Å². The Kier molecular flexibility index (Phi) is 8.49. The molecule has 2 N–H and O–H groups in total. The minimum absolute atomic E-state index is 0.0850. The van der Waals surface area contributed by atoms with E-state index >= 15 is 0 Å². The molecule has 0 radical (unpaired) electrons. The van der Waals surface area contributed by atoms with Crippen LogP contribution < -0.4 is 10.6 Å². The summed E-state index contributed by atoms with van der Waals surface area (Å²) in [6.45, 7) is 3.14. The first kappa shape index (κ1) is 29.5. The van der Waals surface area contributed by atoms with E-state index in [1.807, 2.05) is 0 Å². The van der Waals surface area contributed by atoms with Gasteiger partial charge in [-0.1, -0.05) is 30.7 Å². The average molecular weight is 601 g/mol. The van der Waals surface area contributed by atoms with Gasteiger partial charge in [-0.3, -0.25) is 19.7 Å². The van der Waals surface area contributed by atoms with Gasteiger partial charge in [-0.05, 0) is 49.4 Å². The molecule has 2 aromatic carbocycles. The third kappa shape index (κ3) is 6.41. The molecule has 3 amide bonds. The molecule has 1 saturated carbocycles. The van der Waals surface area contributed by atoms with Crippen molar-refractivity contribution in [3.8, 4) is 0 Å². The molecule has 2 heterocycles. The van der Waals surface area contributed by atoms with Crippen LogP contribution in [0.25, 0.3) is 10.9 Å². The fraction of sp³-hybridized carbons (Fsp3) is 0.400. The second-order valence-corrected chi connectivity index (χ2v) is 11.4. The number of carbonyl (C=O) groups is 4. The number of amides is 3. The molecule has 5 rings (SSSR count). The number of halogens is 3. The molecule has 1 aromatic heterocycles. The van der Waals surface area contributed by atoms with Crippen LogP contribution in [-0.2, 0) is 27.4 Å². The smallest absolute Gasteiger partial charge is 0.411 e. The number of rotatable bonds is 9. The third-order valence-electron chi connectivity index (χ3n) is 7.87. The third-order valence-corrected chi connectivity index (χ3v) is 8.17. The van der Waals surface area contributed by atoms with Gasteiger partial charge in [-0.2, -0.15) is 0 Å². The molecule has 222 valence electrons. The maximum absolute atomic E-state index is 14.4.